The number of hydrogen-bond acceptors (Lipinski definition) is 2. The highest BCUT2D eigenvalue weighted by Crippen LogP contribution is 2.31. The van der Waals surface area contributed by atoms with Crippen molar-refractivity contribution < 1.29 is 8.42 Å². The summed E-state index contributed by atoms with van der Waals surface area (Å²) in [5.41, 5.74) is 2.80. The Morgan fingerprint density at radius 1 is 0.923 bits per heavy atom. The van der Waals surface area contributed by atoms with Crippen molar-refractivity contribution in [1.29, 1.82) is 0 Å². The molecule has 0 radical (unpaired) electrons. The van der Waals surface area contributed by atoms with Gasteiger partial charge in [0.1, 0.15) is 0 Å². The molecule has 6 heteroatoms. The number of halogens is 1. The highest BCUT2D eigenvalue weighted by molar-refractivity contribution is 9.10. The minimum absolute atomic E-state index is 0.233. The Morgan fingerprint density at radius 2 is 1.62 bits per heavy atom. The van der Waals surface area contributed by atoms with E-state index in [2.05, 4.69) is 44.3 Å². The van der Waals surface area contributed by atoms with Crippen LogP contribution in [-0.2, 0) is 16.6 Å². The van der Waals surface area contributed by atoms with Crippen molar-refractivity contribution in [2.75, 3.05) is 4.72 Å². The van der Waals surface area contributed by atoms with Crippen molar-refractivity contribution in [1.82, 2.24) is 4.57 Å². The Labute approximate surface area is 160 Å². The van der Waals surface area contributed by atoms with Crippen LogP contribution >= 0.6 is 15.9 Å². The lowest BCUT2D eigenvalue weighted by molar-refractivity contribution is 0.601. The molecule has 0 spiro atoms. The van der Waals surface area contributed by atoms with Gasteiger partial charge in [-0.1, -0.05) is 34.1 Å². The molecule has 0 aliphatic heterocycles. The minimum atomic E-state index is -3.63. The Bertz CT molecular complexity index is 1210. The molecule has 0 fully saturated rings. The van der Waals surface area contributed by atoms with E-state index in [4.69, 9.17) is 0 Å². The molecule has 4 aromatic rings. The number of hydrogen-bond donors (Lipinski definition) is 1. The van der Waals surface area contributed by atoms with Crippen LogP contribution in [0.1, 0.15) is 6.92 Å². The first-order valence-electron chi connectivity index (χ1n) is 8.29. The summed E-state index contributed by atoms with van der Waals surface area (Å²) < 4.78 is 31.0. The number of rotatable bonds is 4. The van der Waals surface area contributed by atoms with Crippen molar-refractivity contribution >= 4 is 53.4 Å². The average molecular weight is 429 g/mol. The molecule has 0 bridgehead atoms. The quantitative estimate of drug-likeness (QED) is 0.474. The summed E-state index contributed by atoms with van der Waals surface area (Å²) in [6.45, 7) is 2.96. The Morgan fingerprint density at radius 3 is 2.35 bits per heavy atom. The van der Waals surface area contributed by atoms with Gasteiger partial charge in [0.2, 0.25) is 0 Å². The van der Waals surface area contributed by atoms with Crippen LogP contribution in [0, 0.1) is 0 Å². The molecule has 4 rings (SSSR count). The van der Waals surface area contributed by atoms with Gasteiger partial charge in [0, 0.05) is 38.5 Å². The second kappa shape index (κ2) is 6.45. The van der Waals surface area contributed by atoms with E-state index in [1.807, 2.05) is 30.3 Å². The minimum Gasteiger partial charge on any atom is -0.341 e. The molecule has 4 nitrogen and oxygen atoms in total. The van der Waals surface area contributed by atoms with E-state index < -0.39 is 10.0 Å². The Hall–Kier alpha value is -2.31. The van der Waals surface area contributed by atoms with E-state index in [0.717, 1.165) is 32.8 Å². The number of aromatic nitrogens is 1. The fourth-order valence-electron chi connectivity index (χ4n) is 3.29. The number of sulfonamides is 1. The van der Waals surface area contributed by atoms with Gasteiger partial charge < -0.3 is 4.57 Å². The number of nitrogens with zero attached hydrogens (tertiary/aromatic N) is 1. The lowest BCUT2D eigenvalue weighted by atomic mass is 10.1. The highest BCUT2D eigenvalue weighted by atomic mass is 79.9. The Kier molecular flexibility index (Phi) is 4.25. The van der Waals surface area contributed by atoms with Crippen LogP contribution in [0.3, 0.4) is 0 Å². The maximum atomic E-state index is 12.6. The molecule has 26 heavy (non-hydrogen) atoms. The summed E-state index contributed by atoms with van der Waals surface area (Å²) in [6, 6.07) is 20.4. The first-order chi connectivity index (χ1) is 12.5. The van der Waals surface area contributed by atoms with Crippen molar-refractivity contribution in [2.24, 2.45) is 0 Å². The van der Waals surface area contributed by atoms with E-state index in [-0.39, 0.29) is 4.90 Å². The molecule has 0 unspecified atom stereocenters. The molecule has 0 aliphatic rings. The fraction of sp³-hybridized carbons (Fsp3) is 0.100. The lowest BCUT2D eigenvalue weighted by Gasteiger charge is -2.09. The standard InChI is InChI=1S/C20H17BrN2O2S/c1-2-23-19-6-4-3-5-17(19)18-13-15(9-12-20(18)23)22-26(24,25)16-10-7-14(21)8-11-16/h3-13,22H,2H2,1H3. The zero-order valence-electron chi connectivity index (χ0n) is 14.1. The number of benzene rings is 3. The van der Waals surface area contributed by atoms with Crippen molar-refractivity contribution in [3.05, 3.63) is 71.2 Å². The van der Waals surface area contributed by atoms with E-state index in [9.17, 15) is 8.42 Å². The zero-order valence-corrected chi connectivity index (χ0v) is 16.5. The largest absolute Gasteiger partial charge is 0.341 e. The van der Waals surface area contributed by atoms with Gasteiger partial charge in [-0.15, -0.1) is 0 Å². The van der Waals surface area contributed by atoms with Gasteiger partial charge in [-0.3, -0.25) is 4.72 Å². The van der Waals surface area contributed by atoms with E-state index in [0.29, 0.717) is 5.69 Å². The molecule has 3 aromatic carbocycles. The molecule has 0 aliphatic carbocycles. The first-order valence-corrected chi connectivity index (χ1v) is 10.6. The van der Waals surface area contributed by atoms with Gasteiger partial charge in [0.25, 0.3) is 10.0 Å². The smallest absolute Gasteiger partial charge is 0.261 e. The van der Waals surface area contributed by atoms with Crippen LogP contribution in [-0.4, -0.2) is 13.0 Å². The molecule has 0 saturated heterocycles. The number of nitrogens with one attached hydrogen (secondary N) is 1. The SMILES string of the molecule is CCn1c2ccccc2c2cc(NS(=O)(=O)c3ccc(Br)cc3)ccc21. The van der Waals surface area contributed by atoms with Gasteiger partial charge in [0.05, 0.1) is 4.90 Å². The summed E-state index contributed by atoms with van der Waals surface area (Å²) >= 11 is 3.32. The second-order valence-electron chi connectivity index (χ2n) is 6.05. The highest BCUT2D eigenvalue weighted by Gasteiger charge is 2.15. The van der Waals surface area contributed by atoms with Crippen LogP contribution < -0.4 is 4.72 Å². The summed E-state index contributed by atoms with van der Waals surface area (Å²) in [4.78, 5) is 0.233. The zero-order chi connectivity index (χ0) is 18.3. The van der Waals surface area contributed by atoms with Crippen molar-refractivity contribution in [2.45, 2.75) is 18.4 Å². The summed E-state index contributed by atoms with van der Waals surface area (Å²) in [6.07, 6.45) is 0. The number of para-hydroxylation sites is 1. The van der Waals surface area contributed by atoms with Crippen molar-refractivity contribution in [3.8, 4) is 0 Å². The summed E-state index contributed by atoms with van der Waals surface area (Å²) in [5, 5.41) is 2.16. The van der Waals surface area contributed by atoms with Crippen LogP contribution in [0.2, 0.25) is 0 Å². The van der Waals surface area contributed by atoms with Crippen LogP contribution in [0.15, 0.2) is 76.1 Å². The van der Waals surface area contributed by atoms with Crippen LogP contribution in [0.5, 0.6) is 0 Å². The molecular weight excluding hydrogens is 412 g/mol. The maximum Gasteiger partial charge on any atom is 0.261 e. The molecule has 132 valence electrons. The average Bonchev–Trinajstić information content (AvgIpc) is 2.95. The van der Waals surface area contributed by atoms with E-state index in [1.54, 1.807) is 24.3 Å². The normalized spacial score (nSPS) is 11.9. The predicted molar refractivity (Wildman–Crippen MR) is 110 cm³/mol. The number of anilines is 1. The monoisotopic (exact) mass is 428 g/mol. The van der Waals surface area contributed by atoms with E-state index in [1.165, 1.54) is 0 Å². The molecule has 1 heterocycles. The third-order valence-electron chi connectivity index (χ3n) is 4.46. The molecule has 0 amide bonds. The van der Waals surface area contributed by atoms with Gasteiger partial charge in [-0.05, 0) is 55.5 Å². The molecular formula is C20H17BrN2O2S. The predicted octanol–water partition coefficient (Wildman–Crippen LogP) is 5.38. The molecule has 0 saturated carbocycles. The number of aryl methyl sites for hydroxylation is 1. The van der Waals surface area contributed by atoms with E-state index >= 15 is 0 Å². The maximum absolute atomic E-state index is 12.6. The van der Waals surface area contributed by atoms with Crippen LogP contribution in [0.25, 0.3) is 21.8 Å². The third-order valence-corrected chi connectivity index (χ3v) is 6.39. The topological polar surface area (TPSA) is 51.1 Å². The van der Waals surface area contributed by atoms with Gasteiger partial charge in [-0.2, -0.15) is 0 Å². The fourth-order valence-corrected chi connectivity index (χ4v) is 4.60. The third kappa shape index (κ3) is 2.89. The molecule has 0 atom stereocenters. The van der Waals surface area contributed by atoms with Gasteiger partial charge >= 0.3 is 0 Å². The van der Waals surface area contributed by atoms with Crippen LogP contribution in [0.4, 0.5) is 5.69 Å². The van der Waals surface area contributed by atoms with Gasteiger partial charge in [0.15, 0.2) is 0 Å². The molecule has 1 N–H and O–H groups in total. The Balaban J connectivity index is 1.81. The lowest BCUT2D eigenvalue weighted by Crippen LogP contribution is -2.12. The second-order valence-corrected chi connectivity index (χ2v) is 8.65. The first kappa shape index (κ1) is 17.1. The number of fused-ring (bicyclic) bond motifs is 3. The molecule has 1 aromatic heterocycles. The summed E-state index contributed by atoms with van der Waals surface area (Å²) in [5.74, 6) is 0. The van der Waals surface area contributed by atoms with Crippen molar-refractivity contribution in [3.63, 3.8) is 0 Å². The van der Waals surface area contributed by atoms with Gasteiger partial charge in [-0.25, -0.2) is 8.42 Å². The summed E-state index contributed by atoms with van der Waals surface area (Å²) in [7, 11) is -3.63.